The van der Waals surface area contributed by atoms with Crippen LogP contribution in [0.5, 0.6) is 0 Å². The first kappa shape index (κ1) is 12.3. The van der Waals surface area contributed by atoms with E-state index in [2.05, 4.69) is 45.7 Å². The zero-order valence-corrected chi connectivity index (χ0v) is 11.9. The molecule has 0 saturated carbocycles. The smallest absolute Gasteiger partial charge is 0.225 e. The van der Waals surface area contributed by atoms with Crippen molar-refractivity contribution in [2.45, 2.75) is 0 Å². The molecule has 2 aromatic rings. The number of hydrogen-bond acceptors (Lipinski definition) is 6. The van der Waals surface area contributed by atoms with Gasteiger partial charge < -0.3 is 9.80 Å². The lowest BCUT2D eigenvalue weighted by molar-refractivity contribution is 0.633. The van der Waals surface area contributed by atoms with Crippen LogP contribution >= 0.6 is 15.9 Å². The van der Waals surface area contributed by atoms with E-state index in [0.717, 1.165) is 42.4 Å². The monoisotopic (exact) mass is 320 g/mol. The van der Waals surface area contributed by atoms with Crippen LogP contribution in [0, 0.1) is 0 Å². The molecule has 2 aromatic heterocycles. The van der Waals surface area contributed by atoms with E-state index in [0.29, 0.717) is 0 Å². The number of piperazine rings is 1. The first-order valence-corrected chi connectivity index (χ1v) is 6.86. The van der Waals surface area contributed by atoms with E-state index in [1.165, 1.54) is 0 Å². The van der Waals surface area contributed by atoms with E-state index in [4.69, 9.17) is 0 Å². The molecule has 19 heavy (non-hydrogen) atoms. The summed E-state index contributed by atoms with van der Waals surface area (Å²) < 4.78 is 0.899. The summed E-state index contributed by atoms with van der Waals surface area (Å²) in [5, 5.41) is 0. The van der Waals surface area contributed by atoms with Gasteiger partial charge in [0.2, 0.25) is 5.95 Å². The molecule has 0 spiro atoms. The number of anilines is 2. The van der Waals surface area contributed by atoms with E-state index in [9.17, 15) is 0 Å². The van der Waals surface area contributed by atoms with E-state index in [-0.39, 0.29) is 0 Å². The van der Waals surface area contributed by atoms with Gasteiger partial charge in [-0.2, -0.15) is 0 Å². The minimum Gasteiger partial charge on any atom is -0.353 e. The molecule has 1 saturated heterocycles. The third kappa shape index (κ3) is 2.81. The number of nitrogens with zero attached hydrogens (tertiary/aromatic N) is 6. The van der Waals surface area contributed by atoms with Crippen LogP contribution in [0.2, 0.25) is 0 Å². The molecule has 3 heterocycles. The van der Waals surface area contributed by atoms with Crippen LogP contribution in [0.4, 0.5) is 11.8 Å². The molecule has 0 bridgehead atoms. The van der Waals surface area contributed by atoms with Crippen LogP contribution in [0.3, 0.4) is 0 Å². The summed E-state index contributed by atoms with van der Waals surface area (Å²) in [6, 6.07) is 1.94. The minimum absolute atomic E-state index is 0.783. The zero-order chi connectivity index (χ0) is 13.1. The molecular formula is C12H13BrN6. The van der Waals surface area contributed by atoms with Crippen LogP contribution in [0.25, 0.3) is 0 Å². The molecule has 0 amide bonds. The molecule has 0 atom stereocenters. The molecule has 0 radical (unpaired) electrons. The Balaban J connectivity index is 1.65. The fourth-order valence-corrected chi connectivity index (χ4v) is 2.28. The number of halogens is 1. The summed E-state index contributed by atoms with van der Waals surface area (Å²) in [4.78, 5) is 21.3. The summed E-state index contributed by atoms with van der Waals surface area (Å²) in [5.41, 5.74) is 0. The lowest BCUT2D eigenvalue weighted by atomic mass is 10.3. The van der Waals surface area contributed by atoms with Crippen molar-refractivity contribution in [2.24, 2.45) is 0 Å². The van der Waals surface area contributed by atoms with Crippen LogP contribution in [0.1, 0.15) is 0 Å². The number of aromatic nitrogens is 4. The molecule has 0 N–H and O–H groups in total. The van der Waals surface area contributed by atoms with Crippen molar-refractivity contribution in [3.63, 3.8) is 0 Å². The predicted molar refractivity (Wildman–Crippen MR) is 76.2 cm³/mol. The lowest BCUT2D eigenvalue weighted by Crippen LogP contribution is -2.47. The summed E-state index contributed by atoms with van der Waals surface area (Å²) in [6.45, 7) is 3.62. The Hall–Kier alpha value is -1.76. The molecule has 3 rings (SSSR count). The van der Waals surface area contributed by atoms with Crippen molar-refractivity contribution in [3.8, 4) is 0 Å². The second kappa shape index (κ2) is 5.48. The highest BCUT2D eigenvalue weighted by Crippen LogP contribution is 2.16. The lowest BCUT2D eigenvalue weighted by Gasteiger charge is -2.35. The Bertz CT molecular complexity index is 524. The third-order valence-corrected chi connectivity index (χ3v) is 3.47. The van der Waals surface area contributed by atoms with Gasteiger partial charge in [-0.25, -0.2) is 19.9 Å². The molecule has 7 heteroatoms. The fourth-order valence-electron chi connectivity index (χ4n) is 2.08. The largest absolute Gasteiger partial charge is 0.353 e. The molecule has 0 aliphatic carbocycles. The second-order valence-electron chi connectivity index (χ2n) is 4.24. The molecule has 98 valence electrons. The van der Waals surface area contributed by atoms with Crippen molar-refractivity contribution in [3.05, 3.63) is 35.5 Å². The quantitative estimate of drug-likeness (QED) is 0.832. The standard InChI is InChI=1S/C12H13BrN6/c13-10-7-15-12(16-8-10)19-5-3-18(4-6-19)11-1-2-14-9-17-11/h1-2,7-9H,3-6H2. The molecule has 6 nitrogen and oxygen atoms in total. The Labute approximate surface area is 119 Å². The fraction of sp³-hybridized carbons (Fsp3) is 0.333. The average molecular weight is 321 g/mol. The Morgan fingerprint density at radius 2 is 1.63 bits per heavy atom. The maximum atomic E-state index is 4.32. The Kier molecular flexibility index (Phi) is 3.54. The molecule has 0 unspecified atom stereocenters. The van der Waals surface area contributed by atoms with Crippen molar-refractivity contribution in [1.29, 1.82) is 0 Å². The Morgan fingerprint density at radius 1 is 0.947 bits per heavy atom. The SMILES string of the molecule is Brc1cnc(N2CCN(c3ccncn3)CC2)nc1. The maximum absolute atomic E-state index is 4.32. The normalized spacial score (nSPS) is 15.6. The van der Waals surface area contributed by atoms with Gasteiger partial charge in [-0.05, 0) is 22.0 Å². The van der Waals surface area contributed by atoms with Crippen molar-refractivity contribution < 1.29 is 0 Å². The molecule has 0 aromatic carbocycles. The summed E-state index contributed by atoms with van der Waals surface area (Å²) in [6.07, 6.45) is 6.91. The first-order valence-electron chi connectivity index (χ1n) is 6.06. The van der Waals surface area contributed by atoms with Crippen LogP contribution < -0.4 is 9.80 Å². The first-order chi connectivity index (χ1) is 9.33. The van der Waals surface area contributed by atoms with E-state index < -0.39 is 0 Å². The average Bonchev–Trinajstić information content (AvgIpc) is 2.49. The summed E-state index contributed by atoms with van der Waals surface area (Å²) in [5.74, 6) is 1.76. The zero-order valence-electron chi connectivity index (χ0n) is 10.3. The molecule has 1 aliphatic rings. The van der Waals surface area contributed by atoms with Crippen LogP contribution in [-0.4, -0.2) is 46.1 Å². The van der Waals surface area contributed by atoms with E-state index >= 15 is 0 Å². The topological polar surface area (TPSA) is 58.0 Å². The van der Waals surface area contributed by atoms with Crippen LogP contribution in [-0.2, 0) is 0 Å². The maximum Gasteiger partial charge on any atom is 0.225 e. The van der Waals surface area contributed by atoms with Gasteiger partial charge in [0, 0.05) is 44.8 Å². The van der Waals surface area contributed by atoms with Gasteiger partial charge in [0.1, 0.15) is 12.1 Å². The van der Waals surface area contributed by atoms with Crippen LogP contribution in [0.15, 0.2) is 35.5 Å². The molecule has 1 fully saturated rings. The van der Waals surface area contributed by atoms with Gasteiger partial charge in [0.05, 0.1) is 4.47 Å². The van der Waals surface area contributed by atoms with Gasteiger partial charge in [-0.1, -0.05) is 0 Å². The van der Waals surface area contributed by atoms with Gasteiger partial charge >= 0.3 is 0 Å². The van der Waals surface area contributed by atoms with Crippen molar-refractivity contribution in [2.75, 3.05) is 36.0 Å². The highest BCUT2D eigenvalue weighted by atomic mass is 79.9. The Morgan fingerprint density at radius 3 is 2.26 bits per heavy atom. The number of rotatable bonds is 2. The van der Waals surface area contributed by atoms with E-state index in [1.807, 2.05) is 6.07 Å². The van der Waals surface area contributed by atoms with Gasteiger partial charge in [0.15, 0.2) is 0 Å². The minimum atomic E-state index is 0.783. The van der Waals surface area contributed by atoms with Crippen molar-refractivity contribution in [1.82, 2.24) is 19.9 Å². The number of hydrogen-bond donors (Lipinski definition) is 0. The van der Waals surface area contributed by atoms with E-state index in [1.54, 1.807) is 24.9 Å². The second-order valence-corrected chi connectivity index (χ2v) is 5.16. The van der Waals surface area contributed by atoms with Crippen molar-refractivity contribution >= 4 is 27.7 Å². The van der Waals surface area contributed by atoms with Gasteiger partial charge in [0.25, 0.3) is 0 Å². The summed E-state index contributed by atoms with van der Waals surface area (Å²) >= 11 is 3.34. The van der Waals surface area contributed by atoms with Gasteiger partial charge in [-0.3, -0.25) is 0 Å². The molecular weight excluding hydrogens is 308 g/mol. The predicted octanol–water partition coefficient (Wildman–Crippen LogP) is 1.36. The highest BCUT2D eigenvalue weighted by Gasteiger charge is 2.19. The highest BCUT2D eigenvalue weighted by molar-refractivity contribution is 9.10. The summed E-state index contributed by atoms with van der Waals surface area (Å²) in [7, 11) is 0. The van der Waals surface area contributed by atoms with Gasteiger partial charge in [-0.15, -0.1) is 0 Å². The molecule has 1 aliphatic heterocycles. The third-order valence-electron chi connectivity index (χ3n) is 3.06.